The third-order valence-electron chi connectivity index (χ3n) is 5.61. The molecule has 3 heteroatoms. The van der Waals surface area contributed by atoms with Crippen LogP contribution in [0.2, 0.25) is 0 Å². The number of hydrogen-bond acceptors (Lipinski definition) is 3. The Morgan fingerprint density at radius 1 is 1.20 bits per heavy atom. The van der Waals surface area contributed by atoms with Gasteiger partial charge >= 0.3 is 0 Å². The number of rotatable bonds is 3. The van der Waals surface area contributed by atoms with Crippen LogP contribution in [0.3, 0.4) is 0 Å². The first-order valence-corrected chi connectivity index (χ1v) is 7.48. The van der Waals surface area contributed by atoms with Gasteiger partial charge in [0.25, 0.3) is 0 Å². The molecule has 20 heavy (non-hydrogen) atoms. The highest BCUT2D eigenvalue weighted by molar-refractivity contribution is 5.94. The Bertz CT molecular complexity index is 523. The quantitative estimate of drug-likeness (QED) is 0.654. The Labute approximate surface area is 121 Å². The lowest BCUT2D eigenvalue weighted by atomic mass is 9.81. The van der Waals surface area contributed by atoms with E-state index in [2.05, 4.69) is 55.5 Å². The van der Waals surface area contributed by atoms with Gasteiger partial charge in [-0.25, -0.2) is 0 Å². The van der Waals surface area contributed by atoms with Gasteiger partial charge in [0.15, 0.2) is 0 Å². The van der Waals surface area contributed by atoms with Crippen LogP contribution in [0.4, 0.5) is 0 Å². The summed E-state index contributed by atoms with van der Waals surface area (Å²) in [5.41, 5.74) is 2.41. The summed E-state index contributed by atoms with van der Waals surface area (Å²) in [5, 5.41) is 16.6. The van der Waals surface area contributed by atoms with E-state index < -0.39 is 0 Å². The monoisotopic (exact) mass is 272 g/mol. The lowest BCUT2D eigenvalue weighted by Gasteiger charge is -2.35. The van der Waals surface area contributed by atoms with Crippen LogP contribution in [0, 0.1) is 17.3 Å². The summed E-state index contributed by atoms with van der Waals surface area (Å²) >= 11 is 0. The maximum atomic E-state index is 9.38. The summed E-state index contributed by atoms with van der Waals surface area (Å²) in [4.78, 5) is 0. The van der Waals surface area contributed by atoms with Gasteiger partial charge < -0.3 is 10.5 Å². The summed E-state index contributed by atoms with van der Waals surface area (Å²) < 4.78 is 0. The molecule has 0 bridgehead atoms. The molecule has 2 aliphatic carbocycles. The van der Waals surface area contributed by atoms with Crippen LogP contribution in [0.25, 0.3) is 0 Å². The Balaban J connectivity index is 1.73. The highest BCUT2D eigenvalue weighted by Gasteiger charge is 2.63. The van der Waals surface area contributed by atoms with Crippen molar-refractivity contribution in [3.8, 4) is 0 Å². The molecule has 0 radical (unpaired) electrons. The van der Waals surface area contributed by atoms with Gasteiger partial charge in [0.2, 0.25) is 0 Å². The largest absolute Gasteiger partial charge is 0.411 e. The second-order valence-electron chi connectivity index (χ2n) is 7.16. The first-order valence-electron chi connectivity index (χ1n) is 7.48. The SMILES string of the molecule is CC1(NCc2ccccc2)CC2C(CC1=NO)C2(C)C. The fourth-order valence-electron chi connectivity index (χ4n) is 3.88. The van der Waals surface area contributed by atoms with E-state index in [0.29, 0.717) is 11.3 Å². The molecule has 3 rings (SSSR count). The molecule has 0 aromatic heterocycles. The van der Waals surface area contributed by atoms with Crippen LogP contribution >= 0.6 is 0 Å². The Morgan fingerprint density at radius 3 is 2.55 bits per heavy atom. The van der Waals surface area contributed by atoms with E-state index in [9.17, 15) is 5.21 Å². The predicted molar refractivity (Wildman–Crippen MR) is 80.9 cm³/mol. The number of nitrogens with zero attached hydrogens (tertiary/aromatic N) is 1. The molecule has 2 aliphatic rings. The van der Waals surface area contributed by atoms with E-state index in [1.807, 2.05) is 6.07 Å². The maximum Gasteiger partial charge on any atom is 0.0771 e. The average molecular weight is 272 g/mol. The molecule has 0 spiro atoms. The standard InChI is InChI=1S/C17H24N2O/c1-16(2)13-9-15(19-20)17(3,10-14(13)16)18-11-12-7-5-4-6-8-12/h4-8,13-14,18,20H,9-11H2,1-3H3. The van der Waals surface area contributed by atoms with E-state index in [1.54, 1.807) is 0 Å². The van der Waals surface area contributed by atoms with Crippen molar-refractivity contribution >= 4 is 5.71 Å². The second kappa shape index (κ2) is 4.59. The normalized spacial score (nSPS) is 36.6. The van der Waals surface area contributed by atoms with Crippen LogP contribution in [0.15, 0.2) is 35.5 Å². The van der Waals surface area contributed by atoms with Crippen molar-refractivity contribution in [2.45, 2.75) is 45.7 Å². The van der Waals surface area contributed by atoms with Crippen molar-refractivity contribution in [2.24, 2.45) is 22.4 Å². The number of nitrogens with one attached hydrogen (secondary N) is 1. The minimum Gasteiger partial charge on any atom is -0.411 e. The van der Waals surface area contributed by atoms with Gasteiger partial charge in [-0.15, -0.1) is 0 Å². The Kier molecular flexibility index (Phi) is 3.13. The van der Waals surface area contributed by atoms with Gasteiger partial charge in [-0.3, -0.25) is 0 Å². The van der Waals surface area contributed by atoms with Gasteiger partial charge in [-0.2, -0.15) is 0 Å². The van der Waals surface area contributed by atoms with Gasteiger partial charge in [-0.1, -0.05) is 49.3 Å². The third-order valence-corrected chi connectivity index (χ3v) is 5.61. The average Bonchev–Trinajstić information content (AvgIpc) is 2.97. The fourth-order valence-corrected chi connectivity index (χ4v) is 3.88. The number of hydrogen-bond donors (Lipinski definition) is 2. The van der Waals surface area contributed by atoms with E-state index >= 15 is 0 Å². The van der Waals surface area contributed by atoms with Crippen LogP contribution in [-0.4, -0.2) is 16.5 Å². The molecule has 1 aromatic rings. The molecule has 2 saturated carbocycles. The molecule has 3 unspecified atom stereocenters. The zero-order chi connectivity index (χ0) is 14.4. The molecule has 0 saturated heterocycles. The summed E-state index contributed by atoms with van der Waals surface area (Å²) in [5.74, 6) is 1.45. The first kappa shape index (κ1) is 13.6. The van der Waals surface area contributed by atoms with Crippen LogP contribution in [0.5, 0.6) is 0 Å². The lowest BCUT2D eigenvalue weighted by molar-refractivity contribution is 0.293. The topological polar surface area (TPSA) is 44.6 Å². The molecular weight excluding hydrogens is 248 g/mol. The Hall–Kier alpha value is -1.35. The zero-order valence-electron chi connectivity index (χ0n) is 12.6. The summed E-state index contributed by atoms with van der Waals surface area (Å²) in [7, 11) is 0. The minimum atomic E-state index is -0.181. The molecular formula is C17H24N2O. The summed E-state index contributed by atoms with van der Waals surface area (Å²) in [6.07, 6.45) is 1.99. The van der Waals surface area contributed by atoms with Gasteiger partial charge in [0.05, 0.1) is 11.3 Å². The van der Waals surface area contributed by atoms with Crippen molar-refractivity contribution in [2.75, 3.05) is 0 Å². The van der Waals surface area contributed by atoms with Crippen molar-refractivity contribution in [3.63, 3.8) is 0 Å². The summed E-state index contributed by atoms with van der Waals surface area (Å²) in [6, 6.07) is 10.4. The highest BCUT2D eigenvalue weighted by atomic mass is 16.4. The van der Waals surface area contributed by atoms with Crippen LogP contribution < -0.4 is 5.32 Å². The molecule has 1 aromatic carbocycles. The van der Waals surface area contributed by atoms with Crippen molar-refractivity contribution in [1.82, 2.24) is 5.32 Å². The molecule has 0 heterocycles. The molecule has 3 nitrogen and oxygen atoms in total. The van der Waals surface area contributed by atoms with E-state index in [4.69, 9.17) is 0 Å². The predicted octanol–water partition coefficient (Wildman–Crippen LogP) is 3.43. The molecule has 0 amide bonds. The van der Waals surface area contributed by atoms with Crippen molar-refractivity contribution in [3.05, 3.63) is 35.9 Å². The van der Waals surface area contributed by atoms with Crippen LogP contribution in [-0.2, 0) is 6.54 Å². The molecule has 2 fully saturated rings. The molecule has 108 valence electrons. The first-order chi connectivity index (χ1) is 9.47. The van der Waals surface area contributed by atoms with E-state index in [0.717, 1.165) is 31.0 Å². The zero-order valence-corrected chi connectivity index (χ0v) is 12.6. The van der Waals surface area contributed by atoms with Gasteiger partial charge in [0.1, 0.15) is 0 Å². The smallest absolute Gasteiger partial charge is 0.0771 e. The molecule has 0 aliphatic heterocycles. The van der Waals surface area contributed by atoms with E-state index in [1.165, 1.54) is 5.56 Å². The van der Waals surface area contributed by atoms with Crippen molar-refractivity contribution < 1.29 is 5.21 Å². The van der Waals surface area contributed by atoms with Crippen LogP contribution in [0.1, 0.15) is 39.2 Å². The molecule has 2 N–H and O–H groups in total. The highest BCUT2D eigenvalue weighted by Crippen LogP contribution is 2.65. The third kappa shape index (κ3) is 2.14. The second-order valence-corrected chi connectivity index (χ2v) is 7.16. The van der Waals surface area contributed by atoms with Crippen molar-refractivity contribution in [1.29, 1.82) is 0 Å². The number of oxime groups is 1. The van der Waals surface area contributed by atoms with E-state index in [-0.39, 0.29) is 5.54 Å². The summed E-state index contributed by atoms with van der Waals surface area (Å²) in [6.45, 7) is 7.66. The fraction of sp³-hybridized carbons (Fsp3) is 0.588. The number of benzene rings is 1. The maximum absolute atomic E-state index is 9.38. The Morgan fingerprint density at radius 2 is 1.90 bits per heavy atom. The van der Waals surface area contributed by atoms with Gasteiger partial charge in [0, 0.05) is 6.54 Å². The number of fused-ring (bicyclic) bond motifs is 1. The van der Waals surface area contributed by atoms with Gasteiger partial charge in [-0.05, 0) is 42.6 Å². The molecule has 3 atom stereocenters. The lowest BCUT2D eigenvalue weighted by Crippen LogP contribution is -2.51. The minimum absolute atomic E-state index is 0.181.